The Morgan fingerprint density at radius 3 is 0.965 bits per heavy atom. The zero-order chi connectivity index (χ0) is 81.7. The minimum atomic E-state index is -0.550. The van der Waals surface area contributed by atoms with E-state index < -0.39 is 47.8 Å². The lowest BCUT2D eigenvalue weighted by molar-refractivity contribution is -0.139. The average molecular weight is 1510 g/mol. The van der Waals surface area contributed by atoms with Crippen molar-refractivity contribution in [2.24, 2.45) is 0 Å². The van der Waals surface area contributed by atoms with Gasteiger partial charge in [0.1, 0.15) is 47.7 Å². The Hall–Kier alpha value is -15.4. The van der Waals surface area contributed by atoms with Crippen molar-refractivity contribution in [1.29, 1.82) is 0 Å². The van der Waals surface area contributed by atoms with E-state index in [0.29, 0.717) is 56.4 Å². The van der Waals surface area contributed by atoms with Crippen LogP contribution in [0.15, 0.2) is 391 Å². The number of hydrogen-bond acceptors (Lipinski definition) is 16. The van der Waals surface area contributed by atoms with E-state index in [2.05, 4.69) is 58.7 Å². The standard InChI is InChI=1S/C16H12O4.4C14H12O2.2C13H10O2/c1-3-15(17)19-13-9-5-8-12-11(13)7-6-10-14(12)20-16(18)4-2;1-10(2)14(15)16-13-9-5-7-11-6-3-4-8-12(11)13;1-10(2)14(15)16-13-8-7-11-5-3-4-6-12(11)9-13;1-2-14(15)16-10-12-8-5-7-11-6-3-4-9-13(11)12;1-2-14(15)16-10-11-7-8-12-5-3-4-6-13(12)9-11;1-2-13(14)15-12-9-5-7-10-6-3-4-8-11(10)12;1-2-13(14)15-12-8-7-10-5-3-4-6-11(10)9-12/h3-10H,1-2H2;2*3-9H,1H2,2H3;2*2-9H,1,10H2;2*2-9H,1H2. The third-order valence-corrected chi connectivity index (χ3v) is 16.2. The first kappa shape index (κ1) is 84.2. The van der Waals surface area contributed by atoms with E-state index in [-0.39, 0.29) is 13.2 Å². The molecule has 14 rings (SSSR count). The lowest BCUT2D eigenvalue weighted by atomic mass is 10.1. The summed E-state index contributed by atoms with van der Waals surface area (Å²) in [5.41, 5.74) is 2.78. The molecule has 0 N–H and O–H groups in total. The van der Waals surface area contributed by atoms with Crippen molar-refractivity contribution in [2.45, 2.75) is 27.1 Å². The van der Waals surface area contributed by atoms with Crippen LogP contribution in [0.4, 0.5) is 0 Å². The molecule has 0 aliphatic rings. The molecule has 0 radical (unpaired) electrons. The number of esters is 8. The molecule has 0 aromatic heterocycles. The van der Waals surface area contributed by atoms with Crippen LogP contribution in [0, 0.1) is 0 Å². The van der Waals surface area contributed by atoms with Crippen molar-refractivity contribution in [3.8, 4) is 34.5 Å². The fourth-order valence-electron chi connectivity index (χ4n) is 10.6. The zero-order valence-electron chi connectivity index (χ0n) is 62.8. The maximum absolute atomic E-state index is 11.4. The third-order valence-electron chi connectivity index (χ3n) is 16.2. The van der Waals surface area contributed by atoms with Gasteiger partial charge < -0.3 is 37.9 Å². The van der Waals surface area contributed by atoms with Gasteiger partial charge in [-0.1, -0.05) is 289 Å². The summed E-state index contributed by atoms with van der Waals surface area (Å²) in [6, 6.07) is 91.9. The summed E-state index contributed by atoms with van der Waals surface area (Å²) in [7, 11) is 0. The molecule has 0 unspecified atom stereocenters. The molecular weight excluding hydrogens is 1430 g/mol. The molecule has 0 spiro atoms. The molecular formula is C98H80O16. The van der Waals surface area contributed by atoms with Gasteiger partial charge in [0.05, 0.1) is 0 Å². The van der Waals surface area contributed by atoms with Crippen molar-refractivity contribution in [3.05, 3.63) is 403 Å². The fourth-order valence-corrected chi connectivity index (χ4v) is 10.6. The highest BCUT2D eigenvalue weighted by Gasteiger charge is 2.13. The topological polar surface area (TPSA) is 210 Å². The van der Waals surface area contributed by atoms with E-state index in [1.54, 1.807) is 74.5 Å². The average Bonchev–Trinajstić information content (AvgIpc) is 0.616. The van der Waals surface area contributed by atoms with Crippen LogP contribution in [0.1, 0.15) is 25.0 Å². The van der Waals surface area contributed by atoms with Crippen molar-refractivity contribution < 1.29 is 76.3 Å². The molecule has 0 saturated carbocycles. The van der Waals surface area contributed by atoms with E-state index in [0.717, 1.165) is 94.7 Å². The molecule has 16 nitrogen and oxygen atoms in total. The van der Waals surface area contributed by atoms with Crippen LogP contribution in [0.3, 0.4) is 0 Å². The number of carbonyl (C=O) groups is 8. The SMILES string of the molecule is C=C(C)C(=O)Oc1ccc2ccccc2c1.C=C(C)C(=O)Oc1cccc2ccccc12.C=CC(=O)OCc1ccc2ccccc2c1.C=CC(=O)OCc1cccc2ccccc12.C=CC(=O)Oc1ccc2ccccc2c1.C=CC(=O)Oc1cccc2c(OC(=O)C=C)cccc12.C=CC(=O)Oc1cccc2ccccc12. The molecule has 14 aromatic carbocycles. The second-order valence-corrected chi connectivity index (χ2v) is 24.4. The van der Waals surface area contributed by atoms with Gasteiger partial charge in [-0.3, -0.25) is 0 Å². The lowest BCUT2D eigenvalue weighted by Crippen LogP contribution is -2.08. The number of benzene rings is 14. The maximum atomic E-state index is 11.4. The lowest BCUT2D eigenvalue weighted by Gasteiger charge is -2.09. The Morgan fingerprint density at radius 2 is 0.544 bits per heavy atom. The van der Waals surface area contributed by atoms with Gasteiger partial charge in [-0.05, 0) is 133 Å². The van der Waals surface area contributed by atoms with Crippen LogP contribution < -0.4 is 28.4 Å². The summed E-state index contributed by atoms with van der Waals surface area (Å²) in [6.45, 7) is 31.0. The largest absolute Gasteiger partial charge is 0.458 e. The summed E-state index contributed by atoms with van der Waals surface area (Å²) in [4.78, 5) is 89.3. The Labute approximate surface area is 659 Å². The second kappa shape index (κ2) is 43.5. The van der Waals surface area contributed by atoms with E-state index >= 15 is 0 Å². The van der Waals surface area contributed by atoms with Crippen molar-refractivity contribution in [1.82, 2.24) is 0 Å². The first-order valence-electron chi connectivity index (χ1n) is 35.3. The first-order valence-corrected chi connectivity index (χ1v) is 35.3. The Bertz CT molecular complexity index is 5830. The summed E-state index contributed by atoms with van der Waals surface area (Å²) >= 11 is 0. The molecule has 0 aliphatic heterocycles. The quantitative estimate of drug-likeness (QED) is 0.0444. The van der Waals surface area contributed by atoms with Crippen LogP contribution in [0.2, 0.25) is 0 Å². The molecule has 114 heavy (non-hydrogen) atoms. The molecule has 14 aromatic rings. The van der Waals surface area contributed by atoms with Gasteiger partial charge in [0.15, 0.2) is 0 Å². The number of hydrogen-bond donors (Lipinski definition) is 0. The number of fused-ring (bicyclic) bond motifs is 7. The van der Waals surface area contributed by atoms with Gasteiger partial charge in [-0.15, -0.1) is 0 Å². The summed E-state index contributed by atoms with van der Waals surface area (Å²) < 4.78 is 40.8. The van der Waals surface area contributed by atoms with E-state index in [1.165, 1.54) is 17.5 Å². The molecule has 568 valence electrons. The van der Waals surface area contributed by atoms with Crippen molar-refractivity contribution >= 4 is 123 Å². The van der Waals surface area contributed by atoms with Crippen LogP contribution in [-0.4, -0.2) is 47.8 Å². The second-order valence-electron chi connectivity index (χ2n) is 24.4. The number of ether oxygens (including phenoxy) is 8. The van der Waals surface area contributed by atoms with Gasteiger partial charge in [0, 0.05) is 69.1 Å². The predicted octanol–water partition coefficient (Wildman–Crippen LogP) is 21.7. The van der Waals surface area contributed by atoms with Crippen molar-refractivity contribution in [2.75, 3.05) is 0 Å². The third kappa shape index (κ3) is 25.6. The smallest absolute Gasteiger partial charge is 0.338 e. The van der Waals surface area contributed by atoms with E-state index in [9.17, 15) is 38.4 Å². The van der Waals surface area contributed by atoms with E-state index in [4.69, 9.17) is 37.9 Å². The molecule has 0 amide bonds. The molecule has 0 aliphatic carbocycles. The summed E-state index contributed by atoms with van der Waals surface area (Å²) in [5.74, 6) is -0.566. The molecule has 16 heteroatoms. The Balaban J connectivity index is 0.000000167. The maximum Gasteiger partial charge on any atom is 0.338 e. The van der Waals surface area contributed by atoms with Gasteiger partial charge in [0.2, 0.25) is 0 Å². The van der Waals surface area contributed by atoms with Crippen molar-refractivity contribution in [3.63, 3.8) is 0 Å². The number of carbonyl (C=O) groups excluding carboxylic acids is 8. The van der Waals surface area contributed by atoms with Crippen LogP contribution in [-0.2, 0) is 61.0 Å². The highest BCUT2D eigenvalue weighted by atomic mass is 16.6. The monoisotopic (exact) mass is 1510 g/mol. The minimum absolute atomic E-state index is 0.284. The van der Waals surface area contributed by atoms with Gasteiger partial charge in [0.25, 0.3) is 0 Å². The zero-order valence-corrected chi connectivity index (χ0v) is 62.8. The summed E-state index contributed by atoms with van der Waals surface area (Å²) in [6.07, 6.45) is 6.81. The first-order chi connectivity index (χ1) is 55.2. The normalized spacial score (nSPS) is 9.95. The Morgan fingerprint density at radius 1 is 0.254 bits per heavy atom. The Kier molecular flexibility index (Phi) is 32.2. The highest BCUT2D eigenvalue weighted by Crippen LogP contribution is 2.33. The van der Waals surface area contributed by atoms with Gasteiger partial charge in [-0.25, -0.2) is 38.4 Å². The predicted molar refractivity (Wildman–Crippen MR) is 452 cm³/mol. The van der Waals surface area contributed by atoms with Crippen LogP contribution >= 0.6 is 0 Å². The molecule has 0 bridgehead atoms. The highest BCUT2D eigenvalue weighted by molar-refractivity contribution is 5.99. The van der Waals surface area contributed by atoms with E-state index in [1.807, 2.05) is 224 Å². The molecule has 0 heterocycles. The molecule has 0 saturated heterocycles. The molecule has 0 atom stereocenters. The van der Waals surface area contributed by atoms with Gasteiger partial charge >= 0.3 is 47.8 Å². The van der Waals surface area contributed by atoms with Crippen LogP contribution in [0.5, 0.6) is 34.5 Å². The molecule has 0 fully saturated rings. The summed E-state index contributed by atoms with van der Waals surface area (Å²) in [5, 5.41) is 14.2. The fraction of sp³-hybridized carbons (Fsp3) is 0.0408. The number of rotatable bonds is 18. The minimum Gasteiger partial charge on any atom is -0.458 e. The van der Waals surface area contributed by atoms with Gasteiger partial charge in [-0.2, -0.15) is 0 Å². The van der Waals surface area contributed by atoms with Crippen LogP contribution in [0.25, 0.3) is 75.4 Å².